The van der Waals surface area contributed by atoms with Gasteiger partial charge in [-0.15, -0.1) is 11.3 Å². The Bertz CT molecular complexity index is 652. The standard InChI is InChI=1S/C17H18N2OS/c1-19(17(20)11-14-6-3-2-4-7-14)12-16-10-15(13-21-16)8-5-9-18/h2-4,6-7,10,13H,9,11-12,18H2,1H3. The molecule has 0 atom stereocenters. The summed E-state index contributed by atoms with van der Waals surface area (Å²) < 4.78 is 0. The molecule has 1 heterocycles. The Labute approximate surface area is 129 Å². The van der Waals surface area contributed by atoms with E-state index in [1.807, 2.05) is 48.8 Å². The van der Waals surface area contributed by atoms with Crippen LogP contribution in [-0.4, -0.2) is 24.4 Å². The molecular formula is C17H18N2OS. The molecule has 0 radical (unpaired) electrons. The zero-order valence-corrected chi connectivity index (χ0v) is 12.8. The second kappa shape index (κ2) is 7.63. The third-order valence-electron chi connectivity index (χ3n) is 3.01. The first-order valence-electron chi connectivity index (χ1n) is 6.73. The van der Waals surface area contributed by atoms with Gasteiger partial charge in [0.15, 0.2) is 0 Å². The Morgan fingerprint density at radius 3 is 2.81 bits per heavy atom. The Balaban J connectivity index is 1.93. The smallest absolute Gasteiger partial charge is 0.227 e. The molecule has 0 saturated heterocycles. The van der Waals surface area contributed by atoms with E-state index in [1.54, 1.807) is 16.2 Å². The van der Waals surface area contributed by atoms with Crippen molar-refractivity contribution in [2.24, 2.45) is 5.73 Å². The lowest BCUT2D eigenvalue weighted by molar-refractivity contribution is -0.129. The molecule has 1 aromatic carbocycles. The highest BCUT2D eigenvalue weighted by atomic mass is 32.1. The van der Waals surface area contributed by atoms with Gasteiger partial charge in [0.1, 0.15) is 0 Å². The highest BCUT2D eigenvalue weighted by molar-refractivity contribution is 7.10. The molecule has 2 rings (SSSR count). The van der Waals surface area contributed by atoms with Gasteiger partial charge in [-0.05, 0) is 11.6 Å². The van der Waals surface area contributed by atoms with Crippen molar-refractivity contribution in [2.75, 3.05) is 13.6 Å². The van der Waals surface area contributed by atoms with Crippen molar-refractivity contribution in [3.05, 3.63) is 57.8 Å². The SMILES string of the molecule is CN(Cc1cc(C#CCN)cs1)C(=O)Cc1ccccc1. The number of amides is 1. The fourth-order valence-corrected chi connectivity index (χ4v) is 2.78. The third kappa shape index (κ3) is 4.75. The van der Waals surface area contributed by atoms with Crippen LogP contribution in [-0.2, 0) is 17.8 Å². The summed E-state index contributed by atoms with van der Waals surface area (Å²) in [6.07, 6.45) is 0.433. The lowest BCUT2D eigenvalue weighted by atomic mass is 10.1. The van der Waals surface area contributed by atoms with Gasteiger partial charge in [-0.1, -0.05) is 42.2 Å². The fourth-order valence-electron chi connectivity index (χ4n) is 1.91. The molecule has 108 valence electrons. The maximum Gasteiger partial charge on any atom is 0.227 e. The summed E-state index contributed by atoms with van der Waals surface area (Å²) in [7, 11) is 1.83. The van der Waals surface area contributed by atoms with E-state index in [-0.39, 0.29) is 5.91 Å². The topological polar surface area (TPSA) is 46.3 Å². The summed E-state index contributed by atoms with van der Waals surface area (Å²) in [4.78, 5) is 15.1. The minimum absolute atomic E-state index is 0.115. The Hall–Kier alpha value is -2.09. The number of carbonyl (C=O) groups is 1. The van der Waals surface area contributed by atoms with E-state index < -0.39 is 0 Å². The quantitative estimate of drug-likeness (QED) is 0.880. The van der Waals surface area contributed by atoms with Crippen LogP contribution < -0.4 is 5.73 Å². The zero-order chi connectivity index (χ0) is 15.1. The van der Waals surface area contributed by atoms with E-state index in [4.69, 9.17) is 5.73 Å². The average Bonchev–Trinajstić information content (AvgIpc) is 2.93. The Kier molecular flexibility index (Phi) is 5.56. The van der Waals surface area contributed by atoms with E-state index in [9.17, 15) is 4.79 Å². The highest BCUT2D eigenvalue weighted by Gasteiger charge is 2.11. The molecule has 3 nitrogen and oxygen atoms in total. The zero-order valence-electron chi connectivity index (χ0n) is 12.0. The van der Waals surface area contributed by atoms with Crippen molar-refractivity contribution in [1.29, 1.82) is 0 Å². The van der Waals surface area contributed by atoms with Gasteiger partial charge < -0.3 is 10.6 Å². The minimum atomic E-state index is 0.115. The summed E-state index contributed by atoms with van der Waals surface area (Å²) in [6.45, 7) is 0.973. The first kappa shape index (κ1) is 15.3. The van der Waals surface area contributed by atoms with Crippen molar-refractivity contribution in [3.8, 4) is 11.8 Å². The van der Waals surface area contributed by atoms with E-state index >= 15 is 0 Å². The van der Waals surface area contributed by atoms with Crippen LogP contribution in [0.4, 0.5) is 0 Å². The summed E-state index contributed by atoms with van der Waals surface area (Å²) in [5.41, 5.74) is 7.35. The Morgan fingerprint density at radius 1 is 1.33 bits per heavy atom. The molecule has 0 bridgehead atoms. The van der Waals surface area contributed by atoms with Crippen molar-refractivity contribution >= 4 is 17.2 Å². The van der Waals surface area contributed by atoms with E-state index in [2.05, 4.69) is 11.8 Å². The molecule has 21 heavy (non-hydrogen) atoms. The number of benzene rings is 1. The van der Waals surface area contributed by atoms with Crippen LogP contribution >= 0.6 is 11.3 Å². The highest BCUT2D eigenvalue weighted by Crippen LogP contribution is 2.16. The molecule has 2 aromatic rings. The summed E-state index contributed by atoms with van der Waals surface area (Å²) in [5.74, 6) is 5.94. The number of nitrogens with zero attached hydrogens (tertiary/aromatic N) is 1. The Morgan fingerprint density at radius 2 is 2.10 bits per heavy atom. The lowest BCUT2D eigenvalue weighted by Crippen LogP contribution is -2.27. The molecule has 1 aromatic heterocycles. The van der Waals surface area contributed by atoms with Gasteiger partial charge in [0, 0.05) is 22.9 Å². The third-order valence-corrected chi connectivity index (χ3v) is 3.93. The predicted molar refractivity (Wildman–Crippen MR) is 86.9 cm³/mol. The van der Waals surface area contributed by atoms with E-state index in [0.717, 1.165) is 16.0 Å². The molecule has 0 aliphatic carbocycles. The predicted octanol–water partition coefficient (Wildman–Crippen LogP) is 2.26. The van der Waals surface area contributed by atoms with Crippen molar-refractivity contribution in [1.82, 2.24) is 4.90 Å². The average molecular weight is 298 g/mol. The molecule has 4 heteroatoms. The largest absolute Gasteiger partial charge is 0.340 e. The van der Waals surface area contributed by atoms with Gasteiger partial charge in [-0.2, -0.15) is 0 Å². The van der Waals surface area contributed by atoms with Crippen LogP contribution in [0, 0.1) is 11.8 Å². The van der Waals surface area contributed by atoms with Gasteiger partial charge >= 0.3 is 0 Å². The van der Waals surface area contributed by atoms with Crippen LogP contribution in [0.25, 0.3) is 0 Å². The molecule has 0 unspecified atom stereocenters. The van der Waals surface area contributed by atoms with Crippen molar-refractivity contribution in [3.63, 3.8) is 0 Å². The number of thiophene rings is 1. The monoisotopic (exact) mass is 298 g/mol. The second-order valence-electron chi connectivity index (χ2n) is 4.72. The molecule has 0 fully saturated rings. The van der Waals surface area contributed by atoms with Gasteiger partial charge in [-0.25, -0.2) is 0 Å². The first-order valence-corrected chi connectivity index (χ1v) is 7.61. The van der Waals surface area contributed by atoms with Crippen LogP contribution in [0.5, 0.6) is 0 Å². The molecule has 2 N–H and O–H groups in total. The summed E-state index contributed by atoms with van der Waals surface area (Å²) in [6, 6.07) is 11.8. The van der Waals surface area contributed by atoms with Crippen LogP contribution in [0.3, 0.4) is 0 Å². The molecular weight excluding hydrogens is 280 g/mol. The van der Waals surface area contributed by atoms with Gasteiger partial charge in [0.2, 0.25) is 5.91 Å². The van der Waals surface area contributed by atoms with Crippen molar-refractivity contribution < 1.29 is 4.79 Å². The maximum atomic E-state index is 12.2. The van der Waals surface area contributed by atoms with Crippen molar-refractivity contribution in [2.45, 2.75) is 13.0 Å². The lowest BCUT2D eigenvalue weighted by Gasteiger charge is -2.16. The maximum absolute atomic E-state index is 12.2. The van der Waals surface area contributed by atoms with Crippen LogP contribution in [0.2, 0.25) is 0 Å². The number of carbonyl (C=O) groups excluding carboxylic acids is 1. The second-order valence-corrected chi connectivity index (χ2v) is 5.72. The number of rotatable bonds is 4. The number of hydrogen-bond acceptors (Lipinski definition) is 3. The summed E-state index contributed by atoms with van der Waals surface area (Å²) in [5, 5.41) is 1.99. The molecule has 0 aliphatic rings. The van der Waals surface area contributed by atoms with Crippen LogP contribution in [0.15, 0.2) is 41.8 Å². The molecule has 0 saturated carbocycles. The normalized spacial score (nSPS) is 9.81. The van der Waals surface area contributed by atoms with Crippen LogP contribution in [0.1, 0.15) is 16.0 Å². The van der Waals surface area contributed by atoms with Gasteiger partial charge in [-0.3, -0.25) is 4.79 Å². The minimum Gasteiger partial charge on any atom is -0.340 e. The number of hydrogen-bond donors (Lipinski definition) is 1. The first-order chi connectivity index (χ1) is 10.2. The summed E-state index contributed by atoms with van der Waals surface area (Å²) >= 11 is 1.61. The van der Waals surface area contributed by atoms with Gasteiger partial charge in [0.05, 0.1) is 19.5 Å². The fraction of sp³-hybridized carbons (Fsp3) is 0.235. The van der Waals surface area contributed by atoms with Gasteiger partial charge in [0.25, 0.3) is 0 Å². The number of likely N-dealkylation sites (N-methyl/N-ethyl adjacent to an activating group) is 1. The molecule has 0 spiro atoms. The molecule has 0 aliphatic heterocycles. The number of nitrogens with two attached hydrogens (primary N) is 1. The van der Waals surface area contributed by atoms with E-state index in [1.165, 1.54) is 0 Å². The van der Waals surface area contributed by atoms with E-state index in [0.29, 0.717) is 19.5 Å². The molecule has 1 amide bonds.